The Morgan fingerprint density at radius 1 is 1.11 bits per heavy atom. The highest BCUT2D eigenvalue weighted by Gasteiger charge is 2.20. The van der Waals surface area contributed by atoms with Crippen molar-refractivity contribution in [2.45, 2.75) is 0 Å². The monoisotopic (exact) mass is 282 g/mol. The fourth-order valence-electron chi connectivity index (χ4n) is 1.70. The molecule has 1 aromatic carbocycles. The molecule has 0 bridgehead atoms. The van der Waals surface area contributed by atoms with Crippen molar-refractivity contribution in [3.8, 4) is 17.2 Å². The zero-order chi connectivity index (χ0) is 13.8. The highest BCUT2D eigenvalue weighted by Crippen LogP contribution is 2.35. The number of rotatable bonds is 4. The lowest BCUT2D eigenvalue weighted by Crippen LogP contribution is -2.24. The second-order valence-corrected chi connectivity index (χ2v) is 4.60. The minimum absolute atomic E-state index is 0.164. The minimum atomic E-state index is -0.164. The van der Waals surface area contributed by atoms with Gasteiger partial charge in [-0.15, -0.1) is 0 Å². The Labute approximate surface area is 115 Å². The Bertz CT molecular complexity index is 531. The number of carbonyl (C=O) groups excluding carboxylic acids is 1. The van der Waals surface area contributed by atoms with Crippen LogP contribution >= 0.6 is 11.8 Å². The maximum absolute atomic E-state index is 11.1. The van der Waals surface area contributed by atoms with Crippen molar-refractivity contribution < 1.29 is 19.0 Å². The molecular weight excluding hydrogens is 268 g/mol. The minimum Gasteiger partial charge on any atom is -0.496 e. The molecular formula is C12H14N2O4S. The van der Waals surface area contributed by atoms with E-state index in [1.807, 2.05) is 0 Å². The van der Waals surface area contributed by atoms with Gasteiger partial charge in [0, 0.05) is 17.4 Å². The van der Waals surface area contributed by atoms with Crippen LogP contribution < -0.4 is 19.6 Å². The van der Waals surface area contributed by atoms with Crippen LogP contribution in [0.5, 0.6) is 17.2 Å². The van der Waals surface area contributed by atoms with Crippen molar-refractivity contribution in [3.63, 3.8) is 0 Å². The first-order chi connectivity index (χ1) is 9.19. The van der Waals surface area contributed by atoms with Gasteiger partial charge in [-0.05, 0) is 6.07 Å². The maximum Gasteiger partial charge on any atom is 0.299 e. The van der Waals surface area contributed by atoms with Crippen LogP contribution in [0.3, 0.4) is 0 Å². The molecule has 1 aromatic rings. The summed E-state index contributed by atoms with van der Waals surface area (Å²) in [5.74, 6) is 2.27. The number of hydrazone groups is 1. The van der Waals surface area contributed by atoms with Crippen LogP contribution in [-0.2, 0) is 0 Å². The molecule has 0 spiro atoms. The van der Waals surface area contributed by atoms with E-state index in [1.165, 1.54) is 0 Å². The van der Waals surface area contributed by atoms with Gasteiger partial charge in [-0.2, -0.15) is 5.10 Å². The lowest BCUT2D eigenvalue weighted by atomic mass is 10.1. The Morgan fingerprint density at radius 2 is 1.74 bits per heavy atom. The van der Waals surface area contributed by atoms with Crippen LogP contribution in [0.2, 0.25) is 0 Å². The molecule has 0 aliphatic carbocycles. The standard InChI is InChI=1S/C12H14N2O4S/c1-16-9-5-11(18-3)10(17-2)4-7(9)8-6-19-12(15)14-13-8/h4-5H,6H2,1-3H3,(H,14,15). The molecule has 102 valence electrons. The predicted octanol–water partition coefficient (Wildman–Crippen LogP) is 1.87. The molecule has 1 N–H and O–H groups in total. The number of amides is 1. The van der Waals surface area contributed by atoms with Crippen molar-refractivity contribution in [2.24, 2.45) is 5.10 Å². The average molecular weight is 282 g/mol. The fraction of sp³-hybridized carbons (Fsp3) is 0.333. The highest BCUT2D eigenvalue weighted by molar-refractivity contribution is 8.14. The number of ether oxygens (including phenoxy) is 3. The van der Waals surface area contributed by atoms with Crippen molar-refractivity contribution >= 4 is 22.7 Å². The van der Waals surface area contributed by atoms with Gasteiger partial charge in [0.25, 0.3) is 5.24 Å². The largest absolute Gasteiger partial charge is 0.496 e. The van der Waals surface area contributed by atoms with E-state index in [4.69, 9.17) is 14.2 Å². The smallest absolute Gasteiger partial charge is 0.299 e. The number of thioether (sulfide) groups is 1. The van der Waals surface area contributed by atoms with Gasteiger partial charge < -0.3 is 14.2 Å². The van der Waals surface area contributed by atoms with E-state index in [-0.39, 0.29) is 5.24 Å². The van der Waals surface area contributed by atoms with E-state index in [9.17, 15) is 4.79 Å². The molecule has 0 radical (unpaired) electrons. The molecule has 6 nitrogen and oxygen atoms in total. The van der Waals surface area contributed by atoms with Gasteiger partial charge in [0.1, 0.15) is 5.75 Å². The second-order valence-electron chi connectivity index (χ2n) is 3.65. The SMILES string of the molecule is COc1cc(OC)c(C2=NNC(=O)SC2)cc1OC. The van der Waals surface area contributed by atoms with Crippen LogP contribution in [0.15, 0.2) is 17.2 Å². The van der Waals surface area contributed by atoms with Crippen LogP contribution in [0.1, 0.15) is 5.56 Å². The quantitative estimate of drug-likeness (QED) is 0.913. The Kier molecular flexibility index (Phi) is 4.16. The van der Waals surface area contributed by atoms with E-state index in [2.05, 4.69) is 10.5 Å². The summed E-state index contributed by atoms with van der Waals surface area (Å²) in [5.41, 5.74) is 3.93. The lowest BCUT2D eigenvalue weighted by molar-refractivity contribution is 0.261. The van der Waals surface area contributed by atoms with Gasteiger partial charge in [0.2, 0.25) is 0 Å². The second kappa shape index (κ2) is 5.83. The molecule has 1 heterocycles. The Balaban J connectivity index is 2.46. The van der Waals surface area contributed by atoms with Crippen LogP contribution in [0.25, 0.3) is 0 Å². The molecule has 7 heteroatoms. The molecule has 0 fully saturated rings. The van der Waals surface area contributed by atoms with Gasteiger partial charge in [0.05, 0.1) is 27.0 Å². The molecule has 1 amide bonds. The summed E-state index contributed by atoms with van der Waals surface area (Å²) >= 11 is 1.16. The number of methoxy groups -OCH3 is 3. The summed E-state index contributed by atoms with van der Waals surface area (Å²) in [6, 6.07) is 3.52. The predicted molar refractivity (Wildman–Crippen MR) is 73.6 cm³/mol. The summed E-state index contributed by atoms with van der Waals surface area (Å²) in [7, 11) is 4.69. The van der Waals surface area contributed by atoms with Gasteiger partial charge in [-0.1, -0.05) is 11.8 Å². The molecule has 0 atom stereocenters. The topological polar surface area (TPSA) is 69.2 Å². The molecule has 1 aliphatic rings. The summed E-state index contributed by atoms with van der Waals surface area (Å²) in [4.78, 5) is 11.1. The molecule has 0 unspecified atom stereocenters. The first-order valence-electron chi connectivity index (χ1n) is 5.49. The average Bonchev–Trinajstić information content (AvgIpc) is 2.46. The van der Waals surface area contributed by atoms with Crippen molar-refractivity contribution in [3.05, 3.63) is 17.7 Å². The van der Waals surface area contributed by atoms with Gasteiger partial charge in [0.15, 0.2) is 11.5 Å². The Morgan fingerprint density at radius 3 is 2.26 bits per heavy atom. The van der Waals surface area contributed by atoms with Crippen LogP contribution in [0, 0.1) is 0 Å². The normalized spacial score (nSPS) is 14.5. The van der Waals surface area contributed by atoms with Crippen LogP contribution in [-0.4, -0.2) is 38.0 Å². The molecule has 0 saturated heterocycles. The summed E-state index contributed by atoms with van der Waals surface area (Å²) in [6.45, 7) is 0. The van der Waals surface area contributed by atoms with Gasteiger partial charge in [-0.3, -0.25) is 4.79 Å². The first kappa shape index (κ1) is 13.5. The lowest BCUT2D eigenvalue weighted by Gasteiger charge is -2.17. The number of hydrogen-bond acceptors (Lipinski definition) is 6. The Hall–Kier alpha value is -1.89. The third-order valence-electron chi connectivity index (χ3n) is 2.64. The molecule has 0 saturated carbocycles. The van der Waals surface area contributed by atoms with Gasteiger partial charge >= 0.3 is 0 Å². The van der Waals surface area contributed by atoms with E-state index < -0.39 is 0 Å². The van der Waals surface area contributed by atoms with Crippen molar-refractivity contribution in [2.75, 3.05) is 27.1 Å². The van der Waals surface area contributed by atoms with Gasteiger partial charge in [-0.25, -0.2) is 5.43 Å². The van der Waals surface area contributed by atoms with E-state index in [0.717, 1.165) is 23.0 Å². The number of carbonyl (C=O) groups is 1. The van der Waals surface area contributed by atoms with Crippen molar-refractivity contribution in [1.29, 1.82) is 0 Å². The molecule has 0 aromatic heterocycles. The highest BCUT2D eigenvalue weighted by atomic mass is 32.2. The maximum atomic E-state index is 11.1. The third kappa shape index (κ3) is 2.76. The zero-order valence-electron chi connectivity index (χ0n) is 10.9. The summed E-state index contributed by atoms with van der Waals surface area (Å²) < 4.78 is 15.8. The van der Waals surface area contributed by atoms with E-state index in [0.29, 0.717) is 23.0 Å². The molecule has 19 heavy (non-hydrogen) atoms. The summed E-state index contributed by atoms with van der Waals surface area (Å²) in [6.07, 6.45) is 0. The zero-order valence-corrected chi connectivity index (χ0v) is 11.7. The number of nitrogens with zero attached hydrogens (tertiary/aromatic N) is 1. The fourth-order valence-corrected chi connectivity index (χ4v) is 2.30. The van der Waals surface area contributed by atoms with E-state index >= 15 is 0 Å². The van der Waals surface area contributed by atoms with Crippen LogP contribution in [0.4, 0.5) is 4.79 Å². The van der Waals surface area contributed by atoms with E-state index in [1.54, 1.807) is 33.5 Å². The number of benzene rings is 1. The summed E-state index contributed by atoms with van der Waals surface area (Å²) in [5, 5.41) is 3.88. The number of nitrogens with one attached hydrogen (secondary N) is 1. The number of hydrogen-bond donors (Lipinski definition) is 1. The molecule has 2 rings (SSSR count). The first-order valence-corrected chi connectivity index (χ1v) is 6.48. The third-order valence-corrected chi connectivity index (χ3v) is 3.41. The molecule has 1 aliphatic heterocycles. The van der Waals surface area contributed by atoms with Crippen molar-refractivity contribution in [1.82, 2.24) is 5.43 Å².